The molecule has 5 rings (SSSR count). The maximum Gasteiger partial charge on any atom is 0.356 e. The highest BCUT2D eigenvalue weighted by Gasteiger charge is 2.54. The van der Waals surface area contributed by atoms with E-state index in [-0.39, 0.29) is 18.2 Å². The zero-order valence-electron chi connectivity index (χ0n) is 25.5. The molecule has 0 radical (unpaired) electrons. The number of carbonyl (C=O) groups is 4. The zero-order valence-corrected chi connectivity index (χ0v) is 27.2. The Balaban J connectivity index is 1.38. The lowest BCUT2D eigenvalue weighted by molar-refractivity contribution is -0.154. The Hall–Kier alpha value is -4.48. The van der Waals surface area contributed by atoms with Crippen molar-refractivity contribution in [2.45, 2.75) is 31.4 Å². The molecule has 2 atom stereocenters. The van der Waals surface area contributed by atoms with E-state index in [4.69, 9.17) is 9.47 Å². The molecule has 3 aromatic rings. The van der Waals surface area contributed by atoms with Crippen molar-refractivity contribution in [2.75, 3.05) is 25.4 Å². The van der Waals surface area contributed by atoms with Crippen LogP contribution in [0.4, 0.5) is 0 Å². The minimum atomic E-state index is -0.829. The van der Waals surface area contributed by atoms with Crippen molar-refractivity contribution in [2.24, 2.45) is 0 Å². The first-order valence-electron chi connectivity index (χ1n) is 15.0. The average molecular weight is 658 g/mol. The molecular weight excluding hydrogens is 623 g/mol. The SMILES string of the molecule is CCN(CC)C(=O)/C=C\SC1=C(C(=O)OC(c2ccccc2)c2ccccc2)N2C(=O)[C@@H](NC(=O)COc3ccccc3)[C@@H]2SC1. The molecule has 46 heavy (non-hydrogen) atoms. The van der Waals surface area contributed by atoms with Gasteiger partial charge in [-0.05, 0) is 42.5 Å². The van der Waals surface area contributed by atoms with Gasteiger partial charge in [0.05, 0.1) is 0 Å². The average Bonchev–Trinajstić information content (AvgIpc) is 3.10. The Morgan fingerprint density at radius 2 is 1.54 bits per heavy atom. The van der Waals surface area contributed by atoms with Gasteiger partial charge in [0.15, 0.2) is 12.7 Å². The Morgan fingerprint density at radius 1 is 0.957 bits per heavy atom. The molecule has 0 aliphatic carbocycles. The number of likely N-dealkylation sites (N-methyl/N-ethyl adjacent to an activating group) is 1. The van der Waals surface area contributed by atoms with Crippen molar-refractivity contribution < 1.29 is 28.7 Å². The van der Waals surface area contributed by atoms with E-state index in [2.05, 4.69) is 5.32 Å². The number of thioether (sulfide) groups is 2. The second-order valence-corrected chi connectivity index (χ2v) is 12.5. The van der Waals surface area contributed by atoms with E-state index in [0.29, 0.717) is 29.5 Å². The maximum atomic E-state index is 14.1. The van der Waals surface area contributed by atoms with Crippen molar-refractivity contribution in [3.63, 3.8) is 0 Å². The number of nitrogens with zero attached hydrogens (tertiary/aromatic N) is 2. The quantitative estimate of drug-likeness (QED) is 0.153. The third-order valence-electron chi connectivity index (χ3n) is 7.48. The molecule has 0 unspecified atom stereocenters. The van der Waals surface area contributed by atoms with E-state index in [0.717, 1.165) is 11.1 Å². The first-order valence-corrected chi connectivity index (χ1v) is 16.9. The summed E-state index contributed by atoms with van der Waals surface area (Å²) in [5, 5.41) is 3.90. The highest BCUT2D eigenvalue weighted by atomic mass is 32.2. The van der Waals surface area contributed by atoms with Gasteiger partial charge in [0.25, 0.3) is 11.8 Å². The lowest BCUT2D eigenvalue weighted by Gasteiger charge is -2.49. The topological polar surface area (TPSA) is 105 Å². The second kappa shape index (κ2) is 15.7. The molecule has 1 N–H and O–H groups in total. The summed E-state index contributed by atoms with van der Waals surface area (Å²) in [5.74, 6) is -0.755. The van der Waals surface area contributed by atoms with Crippen LogP contribution in [0.3, 0.4) is 0 Å². The summed E-state index contributed by atoms with van der Waals surface area (Å²) in [7, 11) is 0. The summed E-state index contributed by atoms with van der Waals surface area (Å²) in [4.78, 5) is 56.6. The molecule has 1 saturated heterocycles. The van der Waals surface area contributed by atoms with Crippen molar-refractivity contribution >= 4 is 47.2 Å². The van der Waals surface area contributed by atoms with Gasteiger partial charge in [0, 0.05) is 29.8 Å². The van der Waals surface area contributed by atoms with E-state index in [1.165, 1.54) is 34.5 Å². The third-order valence-corrected chi connectivity index (χ3v) is 9.84. The monoisotopic (exact) mass is 657 g/mol. The Labute approximate surface area is 277 Å². The summed E-state index contributed by atoms with van der Waals surface area (Å²) in [6, 6.07) is 26.9. The molecule has 238 valence electrons. The van der Waals surface area contributed by atoms with Crippen molar-refractivity contribution in [1.29, 1.82) is 0 Å². The molecule has 2 heterocycles. The zero-order chi connectivity index (χ0) is 32.5. The van der Waals surface area contributed by atoms with E-state index in [1.54, 1.807) is 34.6 Å². The number of benzene rings is 3. The van der Waals surface area contributed by atoms with Gasteiger partial charge in [-0.2, -0.15) is 0 Å². The second-order valence-electron chi connectivity index (χ2n) is 10.4. The van der Waals surface area contributed by atoms with Crippen molar-refractivity contribution in [1.82, 2.24) is 15.1 Å². The highest BCUT2D eigenvalue weighted by Crippen LogP contribution is 2.44. The predicted octanol–water partition coefficient (Wildman–Crippen LogP) is 5.13. The first-order chi connectivity index (χ1) is 22.4. The van der Waals surface area contributed by atoms with Gasteiger partial charge < -0.3 is 19.7 Å². The van der Waals surface area contributed by atoms with Gasteiger partial charge in [-0.25, -0.2) is 4.79 Å². The van der Waals surface area contributed by atoms with Gasteiger partial charge in [-0.1, -0.05) is 90.6 Å². The van der Waals surface area contributed by atoms with Crippen LogP contribution in [-0.4, -0.2) is 70.4 Å². The molecule has 1 fully saturated rings. The minimum Gasteiger partial charge on any atom is -0.484 e. The third kappa shape index (κ3) is 7.66. The van der Waals surface area contributed by atoms with Gasteiger partial charge in [-0.3, -0.25) is 19.3 Å². The largest absolute Gasteiger partial charge is 0.484 e. The fraction of sp³-hybridized carbons (Fsp3) is 0.257. The minimum absolute atomic E-state index is 0.113. The lowest BCUT2D eigenvalue weighted by atomic mass is 10.0. The summed E-state index contributed by atoms with van der Waals surface area (Å²) in [6.45, 7) is 4.72. The van der Waals surface area contributed by atoms with Crippen LogP contribution in [0.2, 0.25) is 0 Å². The number of nitrogens with one attached hydrogen (secondary N) is 1. The molecule has 11 heteroatoms. The number of fused-ring (bicyclic) bond motifs is 1. The molecular formula is C35H35N3O6S2. The number of ether oxygens (including phenoxy) is 2. The number of para-hydroxylation sites is 1. The fourth-order valence-electron chi connectivity index (χ4n) is 5.11. The Kier molecular flexibility index (Phi) is 11.2. The van der Waals surface area contributed by atoms with E-state index in [1.807, 2.05) is 80.6 Å². The fourth-order valence-corrected chi connectivity index (χ4v) is 7.43. The normalized spacial score (nSPS) is 17.4. The highest BCUT2D eigenvalue weighted by molar-refractivity contribution is 8.08. The van der Waals surface area contributed by atoms with Crippen molar-refractivity contribution in [3.05, 3.63) is 124 Å². The lowest BCUT2D eigenvalue weighted by Crippen LogP contribution is -2.70. The van der Waals surface area contributed by atoms with Gasteiger partial charge in [0.1, 0.15) is 22.9 Å². The van der Waals surface area contributed by atoms with Crippen LogP contribution >= 0.6 is 23.5 Å². The number of rotatable bonds is 13. The van der Waals surface area contributed by atoms with Gasteiger partial charge in [0.2, 0.25) is 5.91 Å². The van der Waals surface area contributed by atoms with Crippen LogP contribution in [-0.2, 0) is 23.9 Å². The smallest absolute Gasteiger partial charge is 0.356 e. The molecule has 3 aromatic carbocycles. The van der Waals surface area contributed by atoms with Crippen LogP contribution in [0.5, 0.6) is 5.75 Å². The first kappa shape index (κ1) is 32.9. The summed E-state index contributed by atoms with van der Waals surface area (Å²) in [5.41, 5.74) is 1.67. The van der Waals surface area contributed by atoms with Crippen LogP contribution in [0.25, 0.3) is 0 Å². The Morgan fingerprint density at radius 3 is 2.13 bits per heavy atom. The standard InChI is InChI=1S/C35H35N3O6S2/c1-3-37(4-2)29(40)20-21-45-27-23-46-34-30(36-28(39)22-43-26-18-12-7-13-19-26)33(41)38(34)31(27)35(42)44-32(24-14-8-5-9-15-24)25-16-10-6-11-17-25/h5-21,30,32,34H,3-4,22-23H2,1-2H3,(H,36,39)/b21-20-/t30-,34+/m1/s1. The van der Waals surface area contributed by atoms with Crippen molar-refractivity contribution in [3.8, 4) is 5.75 Å². The molecule has 0 bridgehead atoms. The van der Waals surface area contributed by atoms with Crippen LogP contribution in [0.1, 0.15) is 31.1 Å². The molecule has 0 saturated carbocycles. The number of hydrogen-bond acceptors (Lipinski definition) is 8. The van der Waals surface area contributed by atoms with E-state index in [9.17, 15) is 19.2 Å². The number of esters is 1. The number of amides is 3. The van der Waals surface area contributed by atoms with Gasteiger partial charge in [-0.15, -0.1) is 11.8 Å². The summed E-state index contributed by atoms with van der Waals surface area (Å²) in [6.07, 6.45) is 0.748. The summed E-state index contributed by atoms with van der Waals surface area (Å²) >= 11 is 2.64. The van der Waals surface area contributed by atoms with Crippen LogP contribution in [0, 0.1) is 0 Å². The number of hydrogen-bond donors (Lipinski definition) is 1. The number of β-lactam (4-membered cyclic amide) rings is 1. The number of carbonyl (C=O) groups excluding carboxylic acids is 4. The van der Waals surface area contributed by atoms with Crippen LogP contribution < -0.4 is 10.1 Å². The molecule has 3 amide bonds. The molecule has 9 nitrogen and oxygen atoms in total. The molecule has 0 spiro atoms. The van der Waals surface area contributed by atoms with Crippen LogP contribution in [0.15, 0.2) is 113 Å². The Bertz CT molecular complexity index is 1560. The van der Waals surface area contributed by atoms with E-state index < -0.39 is 35.3 Å². The summed E-state index contributed by atoms with van der Waals surface area (Å²) < 4.78 is 11.7. The van der Waals surface area contributed by atoms with E-state index >= 15 is 0 Å². The predicted molar refractivity (Wildman–Crippen MR) is 179 cm³/mol. The van der Waals surface area contributed by atoms with Gasteiger partial charge >= 0.3 is 5.97 Å². The molecule has 2 aliphatic heterocycles. The molecule has 0 aromatic heterocycles. The molecule has 2 aliphatic rings. The maximum absolute atomic E-state index is 14.1.